The van der Waals surface area contributed by atoms with Crippen LogP contribution in [0, 0.1) is 6.92 Å². The molecule has 0 radical (unpaired) electrons. The van der Waals surface area contributed by atoms with E-state index in [2.05, 4.69) is 4.99 Å². The highest BCUT2D eigenvalue weighted by atomic mass is 35.5. The molecule has 0 aliphatic rings. The van der Waals surface area contributed by atoms with Gasteiger partial charge in [-0.05, 0) is 42.8 Å². The Hall–Kier alpha value is -2.85. The van der Waals surface area contributed by atoms with Crippen molar-refractivity contribution >= 4 is 23.1 Å². The monoisotopic (exact) mass is 338 g/mol. The minimum absolute atomic E-state index is 0.124. The molecule has 0 bridgehead atoms. The predicted molar refractivity (Wildman–Crippen MR) is 92.9 cm³/mol. The first-order chi connectivity index (χ1) is 11.6. The molecule has 0 saturated carbocycles. The molecule has 4 nitrogen and oxygen atoms in total. The fraction of sp³-hybridized carbons (Fsp3) is 0.0526. The largest absolute Gasteiger partial charge is 0.427 e. The van der Waals surface area contributed by atoms with Crippen LogP contribution in [0.1, 0.15) is 21.5 Å². The Labute approximate surface area is 144 Å². The van der Waals surface area contributed by atoms with Gasteiger partial charge in [0.15, 0.2) is 11.3 Å². The van der Waals surface area contributed by atoms with Gasteiger partial charge in [0, 0.05) is 17.3 Å². The quantitative estimate of drug-likeness (QED) is 0.576. The minimum Gasteiger partial charge on any atom is -0.427 e. The molecule has 1 N–H and O–H groups in total. The van der Waals surface area contributed by atoms with Gasteiger partial charge in [-0.2, -0.15) is 4.73 Å². The van der Waals surface area contributed by atoms with E-state index in [0.717, 1.165) is 10.3 Å². The Kier molecular flexibility index (Phi) is 4.49. The van der Waals surface area contributed by atoms with Gasteiger partial charge in [-0.15, -0.1) is 0 Å². The summed E-state index contributed by atoms with van der Waals surface area (Å²) in [6.07, 6.45) is 1.48. The Morgan fingerprint density at radius 1 is 1.04 bits per heavy atom. The first-order valence-corrected chi connectivity index (χ1v) is 7.75. The van der Waals surface area contributed by atoms with Crippen LogP contribution in [0.3, 0.4) is 0 Å². The first-order valence-electron chi connectivity index (χ1n) is 7.38. The number of rotatable bonds is 3. The summed E-state index contributed by atoms with van der Waals surface area (Å²) in [5.41, 5.74) is 2.87. The average Bonchev–Trinajstić information content (AvgIpc) is 2.57. The van der Waals surface area contributed by atoms with Crippen LogP contribution in [0.2, 0.25) is 5.02 Å². The third-order valence-electron chi connectivity index (χ3n) is 3.65. The number of aromatic nitrogens is 1. The zero-order chi connectivity index (χ0) is 17.1. The maximum Gasteiger partial charge on any atom is 0.194 e. The van der Waals surface area contributed by atoms with Crippen LogP contribution in [0.25, 0.3) is 0 Å². The lowest BCUT2D eigenvalue weighted by Gasteiger charge is -2.07. The van der Waals surface area contributed by atoms with Gasteiger partial charge >= 0.3 is 0 Å². The van der Waals surface area contributed by atoms with E-state index in [0.29, 0.717) is 27.3 Å². The van der Waals surface area contributed by atoms with E-state index in [4.69, 9.17) is 11.6 Å². The zero-order valence-electron chi connectivity index (χ0n) is 13.0. The van der Waals surface area contributed by atoms with E-state index in [1.807, 2.05) is 25.1 Å². The highest BCUT2D eigenvalue weighted by molar-refractivity contribution is 6.35. The van der Waals surface area contributed by atoms with Crippen molar-refractivity contribution in [3.05, 3.63) is 94.1 Å². The lowest BCUT2D eigenvalue weighted by Crippen LogP contribution is -2.16. The number of aryl methyl sites for hydroxylation is 1. The van der Waals surface area contributed by atoms with Gasteiger partial charge in [0.2, 0.25) is 0 Å². The molecule has 1 heterocycles. The summed E-state index contributed by atoms with van der Waals surface area (Å²) in [6.45, 7) is 1.89. The third-order valence-corrected chi connectivity index (χ3v) is 3.96. The molecule has 1 aromatic heterocycles. The van der Waals surface area contributed by atoms with Gasteiger partial charge in [0.1, 0.15) is 0 Å². The number of halogens is 1. The summed E-state index contributed by atoms with van der Waals surface area (Å²) in [5.74, 6) is -0.124. The molecule has 0 atom stereocenters. The molecule has 0 saturated heterocycles. The molecule has 0 amide bonds. The van der Waals surface area contributed by atoms with Crippen LogP contribution in [0.4, 0.5) is 5.69 Å². The van der Waals surface area contributed by atoms with Crippen molar-refractivity contribution in [2.75, 3.05) is 0 Å². The molecular formula is C19H15ClN2O2. The fourth-order valence-corrected chi connectivity index (χ4v) is 2.64. The maximum absolute atomic E-state index is 12.7. The van der Waals surface area contributed by atoms with Crippen molar-refractivity contribution in [1.82, 2.24) is 4.73 Å². The SMILES string of the molecule is Cc1ccccc1C(=O)c1ccc(N=c2ccccn2O)cc1Cl. The number of carbonyl (C=O) groups is 1. The molecule has 0 fully saturated rings. The van der Waals surface area contributed by atoms with E-state index >= 15 is 0 Å². The normalized spacial score (nSPS) is 11.5. The van der Waals surface area contributed by atoms with Crippen molar-refractivity contribution in [1.29, 1.82) is 0 Å². The highest BCUT2D eigenvalue weighted by Crippen LogP contribution is 2.25. The molecule has 3 aromatic rings. The van der Waals surface area contributed by atoms with Crippen molar-refractivity contribution < 1.29 is 10.0 Å². The van der Waals surface area contributed by atoms with E-state index < -0.39 is 0 Å². The molecule has 3 rings (SSSR count). The molecule has 5 heteroatoms. The van der Waals surface area contributed by atoms with Gasteiger partial charge < -0.3 is 5.21 Å². The Morgan fingerprint density at radius 2 is 1.79 bits per heavy atom. The summed E-state index contributed by atoms with van der Waals surface area (Å²) < 4.78 is 0.917. The summed E-state index contributed by atoms with van der Waals surface area (Å²) in [6, 6.07) is 17.5. The summed E-state index contributed by atoms with van der Waals surface area (Å²) in [7, 11) is 0. The number of nitrogens with zero attached hydrogens (tertiary/aromatic N) is 2. The number of hydrogen-bond acceptors (Lipinski definition) is 3. The molecule has 0 aliphatic heterocycles. The molecule has 0 spiro atoms. The number of pyridine rings is 1. The van der Waals surface area contributed by atoms with Crippen molar-refractivity contribution in [3.8, 4) is 0 Å². The molecule has 0 unspecified atom stereocenters. The number of hydrogen-bond donors (Lipinski definition) is 1. The second-order valence-electron chi connectivity index (χ2n) is 5.32. The van der Waals surface area contributed by atoms with Gasteiger partial charge in [-0.25, -0.2) is 4.99 Å². The Bertz CT molecular complexity index is 977. The second kappa shape index (κ2) is 6.72. The summed E-state index contributed by atoms with van der Waals surface area (Å²) in [4.78, 5) is 17.0. The number of carbonyl (C=O) groups excluding carboxylic acids is 1. The van der Waals surface area contributed by atoms with Crippen LogP contribution in [0.5, 0.6) is 0 Å². The Balaban J connectivity index is 2.00. The van der Waals surface area contributed by atoms with Crippen molar-refractivity contribution in [3.63, 3.8) is 0 Å². The molecule has 2 aromatic carbocycles. The van der Waals surface area contributed by atoms with Crippen molar-refractivity contribution in [2.45, 2.75) is 6.92 Å². The predicted octanol–water partition coefficient (Wildman–Crippen LogP) is 4.15. The number of benzene rings is 2. The van der Waals surface area contributed by atoms with E-state index in [1.165, 1.54) is 6.20 Å². The fourth-order valence-electron chi connectivity index (χ4n) is 2.38. The average molecular weight is 339 g/mol. The smallest absolute Gasteiger partial charge is 0.194 e. The van der Waals surface area contributed by atoms with Gasteiger partial charge in [0.05, 0.1) is 10.7 Å². The maximum atomic E-state index is 12.7. The Morgan fingerprint density at radius 3 is 2.50 bits per heavy atom. The van der Waals surface area contributed by atoms with Gasteiger partial charge in [0.25, 0.3) is 0 Å². The van der Waals surface area contributed by atoms with Crippen LogP contribution in [0.15, 0.2) is 71.9 Å². The molecular weight excluding hydrogens is 324 g/mol. The van der Waals surface area contributed by atoms with Crippen molar-refractivity contribution in [2.24, 2.45) is 4.99 Å². The van der Waals surface area contributed by atoms with Gasteiger partial charge in [-0.1, -0.05) is 41.9 Å². The molecule has 0 aliphatic carbocycles. The third kappa shape index (κ3) is 3.24. The number of ketones is 1. The summed E-state index contributed by atoms with van der Waals surface area (Å²) in [5, 5.41) is 10.0. The van der Waals surface area contributed by atoms with Crippen LogP contribution < -0.4 is 5.49 Å². The van der Waals surface area contributed by atoms with Crippen LogP contribution in [-0.4, -0.2) is 15.7 Å². The molecule has 24 heavy (non-hydrogen) atoms. The van der Waals surface area contributed by atoms with E-state index in [-0.39, 0.29) is 5.78 Å². The minimum atomic E-state index is -0.124. The molecule has 120 valence electrons. The van der Waals surface area contributed by atoms with Crippen LogP contribution in [-0.2, 0) is 0 Å². The lowest BCUT2D eigenvalue weighted by atomic mass is 9.99. The van der Waals surface area contributed by atoms with E-state index in [1.54, 1.807) is 42.5 Å². The second-order valence-corrected chi connectivity index (χ2v) is 5.73. The van der Waals surface area contributed by atoms with E-state index in [9.17, 15) is 10.0 Å². The van der Waals surface area contributed by atoms with Crippen LogP contribution >= 0.6 is 11.6 Å². The van der Waals surface area contributed by atoms with Gasteiger partial charge in [-0.3, -0.25) is 4.79 Å². The highest BCUT2D eigenvalue weighted by Gasteiger charge is 2.14. The first kappa shape index (κ1) is 16.0. The summed E-state index contributed by atoms with van der Waals surface area (Å²) >= 11 is 6.28. The standard InChI is InChI=1S/C19H15ClN2O2/c1-13-6-2-3-7-15(13)19(23)16-10-9-14(12-17(16)20)21-18-8-4-5-11-22(18)24/h2-12,24H,1H3. The zero-order valence-corrected chi connectivity index (χ0v) is 13.7. The topological polar surface area (TPSA) is 54.6 Å². The lowest BCUT2D eigenvalue weighted by molar-refractivity contribution is 0.103.